The van der Waals surface area contributed by atoms with Gasteiger partial charge >= 0.3 is 0 Å². The molecule has 8 heteroatoms. The van der Waals surface area contributed by atoms with Gasteiger partial charge in [-0.2, -0.15) is 0 Å². The third-order valence-electron chi connectivity index (χ3n) is 5.14. The number of hydrogen-bond donors (Lipinski definition) is 1. The van der Waals surface area contributed by atoms with Crippen molar-refractivity contribution in [2.45, 2.75) is 13.0 Å². The molecule has 1 aromatic carbocycles. The Morgan fingerprint density at radius 2 is 1.89 bits per heavy atom. The lowest BCUT2D eigenvalue weighted by atomic mass is 10.2. The second kappa shape index (κ2) is 8.12. The van der Waals surface area contributed by atoms with Crippen molar-refractivity contribution in [3.8, 4) is 5.75 Å². The maximum Gasteiger partial charge on any atom is 0.241 e. The summed E-state index contributed by atoms with van der Waals surface area (Å²) < 4.78 is 5.15. The molecular formula is C20H23N5O2S. The highest BCUT2D eigenvalue weighted by Crippen LogP contribution is 2.27. The zero-order valence-electron chi connectivity index (χ0n) is 16.0. The predicted molar refractivity (Wildman–Crippen MR) is 112 cm³/mol. The lowest BCUT2D eigenvalue weighted by Crippen LogP contribution is -2.53. The number of anilines is 2. The van der Waals surface area contributed by atoms with Crippen LogP contribution in [0.25, 0.3) is 10.2 Å². The summed E-state index contributed by atoms with van der Waals surface area (Å²) in [5, 5.41) is 6.13. The van der Waals surface area contributed by atoms with Gasteiger partial charge in [-0.1, -0.05) is 0 Å². The molecule has 0 spiro atoms. The van der Waals surface area contributed by atoms with Crippen LogP contribution in [-0.4, -0.2) is 60.1 Å². The van der Waals surface area contributed by atoms with Crippen molar-refractivity contribution in [3.63, 3.8) is 0 Å². The predicted octanol–water partition coefficient (Wildman–Crippen LogP) is 2.85. The molecule has 7 nitrogen and oxygen atoms in total. The smallest absolute Gasteiger partial charge is 0.241 e. The van der Waals surface area contributed by atoms with Gasteiger partial charge in [0.15, 0.2) is 0 Å². The Hall–Kier alpha value is -2.71. The number of aromatic nitrogens is 2. The van der Waals surface area contributed by atoms with E-state index in [-0.39, 0.29) is 11.9 Å². The number of carbonyl (C=O) groups excluding carboxylic acids is 1. The van der Waals surface area contributed by atoms with Gasteiger partial charge in [0.2, 0.25) is 5.91 Å². The second-order valence-electron chi connectivity index (χ2n) is 6.75. The standard InChI is InChI=1S/C20H23N5O2S/c1-14(19(26)23-15-3-5-16(27-2)6-4-15)24-8-10-25(11-9-24)18-17-7-12-28-20(17)22-13-21-18/h3-7,12-14H,8-11H2,1-2H3,(H,23,26)/t14-/m1/s1. The SMILES string of the molecule is COc1ccc(NC(=O)[C@@H](C)N2CCN(c3ncnc4sccc34)CC2)cc1. The number of nitrogens with one attached hydrogen (secondary N) is 1. The highest BCUT2D eigenvalue weighted by atomic mass is 32.1. The molecule has 1 atom stereocenters. The molecule has 0 radical (unpaired) electrons. The van der Waals surface area contributed by atoms with E-state index in [2.05, 4.69) is 31.2 Å². The maximum absolute atomic E-state index is 12.6. The molecule has 1 amide bonds. The zero-order valence-corrected chi connectivity index (χ0v) is 16.8. The van der Waals surface area contributed by atoms with E-state index in [9.17, 15) is 4.79 Å². The van der Waals surface area contributed by atoms with Crippen LogP contribution in [0, 0.1) is 0 Å². The Labute approximate surface area is 168 Å². The van der Waals surface area contributed by atoms with E-state index >= 15 is 0 Å². The summed E-state index contributed by atoms with van der Waals surface area (Å²) in [6.07, 6.45) is 1.63. The van der Waals surface area contributed by atoms with Gasteiger partial charge < -0.3 is 15.0 Å². The second-order valence-corrected chi connectivity index (χ2v) is 7.65. The first-order chi connectivity index (χ1) is 13.7. The lowest BCUT2D eigenvalue weighted by Gasteiger charge is -2.38. The van der Waals surface area contributed by atoms with Crippen LogP contribution in [-0.2, 0) is 4.79 Å². The topological polar surface area (TPSA) is 70.6 Å². The fraction of sp³-hybridized carbons (Fsp3) is 0.350. The molecule has 3 heterocycles. The van der Waals surface area contributed by atoms with Crippen LogP contribution in [0.15, 0.2) is 42.0 Å². The monoisotopic (exact) mass is 397 g/mol. The van der Waals surface area contributed by atoms with Crippen molar-refractivity contribution >= 4 is 39.0 Å². The third-order valence-corrected chi connectivity index (χ3v) is 5.96. The maximum atomic E-state index is 12.6. The van der Waals surface area contributed by atoms with E-state index in [0.717, 1.165) is 53.7 Å². The van der Waals surface area contributed by atoms with Crippen LogP contribution < -0.4 is 15.0 Å². The number of piperazine rings is 1. The molecule has 2 aromatic heterocycles. The normalized spacial score (nSPS) is 16.1. The lowest BCUT2D eigenvalue weighted by molar-refractivity contribution is -0.120. The minimum absolute atomic E-state index is 0.000813. The Morgan fingerprint density at radius 1 is 1.14 bits per heavy atom. The van der Waals surface area contributed by atoms with Gasteiger partial charge in [0.05, 0.1) is 18.5 Å². The summed E-state index contributed by atoms with van der Waals surface area (Å²) in [4.78, 5) is 27.0. The summed E-state index contributed by atoms with van der Waals surface area (Å²) in [5.41, 5.74) is 0.775. The van der Waals surface area contributed by atoms with Gasteiger partial charge in [-0.3, -0.25) is 9.69 Å². The number of rotatable bonds is 5. The summed E-state index contributed by atoms with van der Waals surface area (Å²) in [6.45, 7) is 5.25. The van der Waals surface area contributed by atoms with Crippen LogP contribution in [0.2, 0.25) is 0 Å². The van der Waals surface area contributed by atoms with Crippen molar-refractivity contribution in [1.29, 1.82) is 0 Å². The van der Waals surface area contributed by atoms with Gasteiger partial charge in [-0.25, -0.2) is 9.97 Å². The average molecular weight is 398 g/mol. The number of thiophene rings is 1. The molecule has 0 saturated carbocycles. The van der Waals surface area contributed by atoms with Crippen molar-refractivity contribution in [3.05, 3.63) is 42.0 Å². The number of hydrogen-bond acceptors (Lipinski definition) is 7. The number of carbonyl (C=O) groups is 1. The van der Waals surface area contributed by atoms with Gasteiger partial charge in [0, 0.05) is 31.9 Å². The highest BCUT2D eigenvalue weighted by Gasteiger charge is 2.27. The Bertz CT molecular complexity index is 951. The number of ether oxygens (including phenoxy) is 1. The first-order valence-corrected chi connectivity index (χ1v) is 10.2. The molecular weight excluding hydrogens is 374 g/mol. The number of fused-ring (bicyclic) bond motifs is 1. The summed E-state index contributed by atoms with van der Waals surface area (Å²) in [6, 6.07) is 9.26. The summed E-state index contributed by atoms with van der Waals surface area (Å²) in [7, 11) is 1.63. The van der Waals surface area contributed by atoms with Crippen LogP contribution in [0.5, 0.6) is 5.75 Å². The molecule has 0 aliphatic carbocycles. The molecule has 1 fully saturated rings. The Kier molecular flexibility index (Phi) is 5.40. The van der Waals surface area contributed by atoms with E-state index < -0.39 is 0 Å². The van der Waals surface area contributed by atoms with Gasteiger partial charge in [-0.15, -0.1) is 11.3 Å². The first-order valence-electron chi connectivity index (χ1n) is 9.28. The van der Waals surface area contributed by atoms with E-state index in [0.29, 0.717) is 0 Å². The zero-order chi connectivity index (χ0) is 19.5. The number of methoxy groups -OCH3 is 1. The first kappa shape index (κ1) is 18.6. The molecule has 1 saturated heterocycles. The quantitative estimate of drug-likeness (QED) is 0.714. The fourth-order valence-corrected chi connectivity index (χ4v) is 4.16. The average Bonchev–Trinajstić information content (AvgIpc) is 3.23. The summed E-state index contributed by atoms with van der Waals surface area (Å²) in [5.74, 6) is 1.76. The van der Waals surface area contributed by atoms with Crippen molar-refractivity contribution in [1.82, 2.24) is 14.9 Å². The molecule has 0 bridgehead atoms. The van der Waals surface area contributed by atoms with E-state index in [1.807, 2.05) is 36.6 Å². The van der Waals surface area contributed by atoms with E-state index in [1.165, 1.54) is 0 Å². The van der Waals surface area contributed by atoms with Crippen LogP contribution in [0.3, 0.4) is 0 Å². The van der Waals surface area contributed by atoms with Gasteiger partial charge in [0.1, 0.15) is 22.7 Å². The van der Waals surface area contributed by atoms with Gasteiger partial charge in [0.25, 0.3) is 0 Å². The van der Waals surface area contributed by atoms with Crippen LogP contribution >= 0.6 is 11.3 Å². The molecule has 1 aliphatic rings. The third kappa shape index (κ3) is 3.79. The number of amides is 1. The molecule has 1 aliphatic heterocycles. The molecule has 28 heavy (non-hydrogen) atoms. The van der Waals surface area contributed by atoms with Gasteiger partial charge in [-0.05, 0) is 42.6 Å². The number of nitrogens with zero attached hydrogens (tertiary/aromatic N) is 4. The molecule has 0 unspecified atom stereocenters. The van der Waals surface area contributed by atoms with Crippen molar-refractivity contribution < 1.29 is 9.53 Å². The molecule has 1 N–H and O–H groups in total. The van der Waals surface area contributed by atoms with E-state index in [4.69, 9.17) is 4.74 Å². The molecule has 146 valence electrons. The minimum Gasteiger partial charge on any atom is -0.497 e. The van der Waals surface area contributed by atoms with Crippen molar-refractivity contribution in [2.24, 2.45) is 0 Å². The Balaban J connectivity index is 1.36. The van der Waals surface area contributed by atoms with Crippen LogP contribution in [0.1, 0.15) is 6.92 Å². The summed E-state index contributed by atoms with van der Waals surface area (Å²) >= 11 is 1.63. The highest BCUT2D eigenvalue weighted by molar-refractivity contribution is 7.16. The molecule has 3 aromatic rings. The number of benzene rings is 1. The van der Waals surface area contributed by atoms with Crippen LogP contribution in [0.4, 0.5) is 11.5 Å². The fourth-order valence-electron chi connectivity index (χ4n) is 3.44. The largest absolute Gasteiger partial charge is 0.497 e. The molecule has 4 rings (SSSR count). The Morgan fingerprint density at radius 3 is 2.61 bits per heavy atom. The minimum atomic E-state index is -0.198. The van der Waals surface area contributed by atoms with E-state index in [1.54, 1.807) is 24.8 Å². The van der Waals surface area contributed by atoms with Crippen molar-refractivity contribution in [2.75, 3.05) is 43.5 Å².